The zero-order chi connectivity index (χ0) is 15.2. The Bertz CT molecular complexity index is 545. The van der Waals surface area contributed by atoms with Crippen molar-refractivity contribution < 1.29 is 18.7 Å². The summed E-state index contributed by atoms with van der Waals surface area (Å²) in [6.07, 6.45) is 1.97. The molecule has 0 radical (unpaired) electrons. The molecule has 0 fully saturated rings. The van der Waals surface area contributed by atoms with Crippen LogP contribution in [0.5, 0.6) is 17.2 Å². The number of nitrogens with two attached hydrogens (primary N) is 1. The third-order valence-corrected chi connectivity index (χ3v) is 2.83. The summed E-state index contributed by atoms with van der Waals surface area (Å²) >= 11 is 0. The molecule has 0 spiro atoms. The summed E-state index contributed by atoms with van der Waals surface area (Å²) < 4.78 is 21.1. The first kappa shape index (κ1) is 15.1. The molecule has 7 nitrogen and oxygen atoms in total. The predicted octanol–water partition coefficient (Wildman–Crippen LogP) is 1.56. The van der Waals surface area contributed by atoms with Crippen molar-refractivity contribution in [3.05, 3.63) is 29.9 Å². The highest BCUT2D eigenvalue weighted by molar-refractivity contribution is 5.54. The number of benzene rings is 1. The van der Waals surface area contributed by atoms with Gasteiger partial charge in [0.2, 0.25) is 18.0 Å². The molecule has 0 aliphatic carbocycles. The smallest absolute Gasteiger partial charge is 0.213 e. The van der Waals surface area contributed by atoms with Crippen LogP contribution in [0.1, 0.15) is 18.3 Å². The number of hydrogen-bond donors (Lipinski definition) is 1. The zero-order valence-electron chi connectivity index (χ0n) is 12.3. The van der Waals surface area contributed by atoms with Crippen molar-refractivity contribution in [2.24, 2.45) is 5.73 Å². The topological polar surface area (TPSA) is 92.6 Å². The monoisotopic (exact) mass is 293 g/mol. The van der Waals surface area contributed by atoms with Crippen LogP contribution in [0.3, 0.4) is 0 Å². The highest BCUT2D eigenvalue weighted by Crippen LogP contribution is 2.39. The number of methoxy groups -OCH3 is 2. The van der Waals surface area contributed by atoms with Crippen molar-refractivity contribution in [3.8, 4) is 17.2 Å². The molecule has 0 bridgehead atoms. The number of hydrogen-bond acceptors (Lipinski definition) is 7. The summed E-state index contributed by atoms with van der Waals surface area (Å²) in [6, 6.07) is 3.82. The molecule has 0 saturated carbocycles. The van der Waals surface area contributed by atoms with E-state index in [1.807, 2.05) is 19.1 Å². The van der Waals surface area contributed by atoms with E-state index in [0.717, 1.165) is 12.0 Å². The minimum atomic E-state index is 0.0468. The minimum Gasteiger partial charge on any atom is -0.493 e. The van der Waals surface area contributed by atoms with Gasteiger partial charge in [0, 0.05) is 6.04 Å². The van der Waals surface area contributed by atoms with Crippen LogP contribution >= 0.6 is 0 Å². The summed E-state index contributed by atoms with van der Waals surface area (Å²) in [5, 5.41) is 3.69. The Morgan fingerprint density at radius 2 is 1.90 bits per heavy atom. The maximum Gasteiger partial charge on any atom is 0.213 e. The van der Waals surface area contributed by atoms with E-state index in [2.05, 4.69) is 14.7 Å². The van der Waals surface area contributed by atoms with E-state index in [9.17, 15) is 0 Å². The summed E-state index contributed by atoms with van der Waals surface area (Å²) in [7, 11) is 3.15. The molecule has 1 aromatic heterocycles. The molecule has 0 aliphatic heterocycles. The molecule has 2 N–H and O–H groups in total. The molecule has 2 rings (SSSR count). The second kappa shape index (κ2) is 6.94. The third kappa shape index (κ3) is 3.85. The average molecular weight is 293 g/mol. The Hall–Kier alpha value is -2.28. The van der Waals surface area contributed by atoms with E-state index in [4.69, 9.17) is 19.9 Å². The van der Waals surface area contributed by atoms with Crippen LogP contribution in [-0.4, -0.2) is 30.4 Å². The van der Waals surface area contributed by atoms with Gasteiger partial charge in [-0.1, -0.05) is 5.16 Å². The molecule has 1 aromatic carbocycles. The van der Waals surface area contributed by atoms with Crippen molar-refractivity contribution in [2.45, 2.75) is 26.0 Å². The van der Waals surface area contributed by atoms with Crippen LogP contribution in [0.4, 0.5) is 0 Å². The van der Waals surface area contributed by atoms with Crippen LogP contribution in [0.2, 0.25) is 0 Å². The Labute approximate surface area is 123 Å². The van der Waals surface area contributed by atoms with E-state index in [-0.39, 0.29) is 12.6 Å². The van der Waals surface area contributed by atoms with Gasteiger partial charge in [0.25, 0.3) is 0 Å². The van der Waals surface area contributed by atoms with Gasteiger partial charge >= 0.3 is 0 Å². The first-order valence-electron chi connectivity index (χ1n) is 6.52. The van der Waals surface area contributed by atoms with Gasteiger partial charge in [-0.15, -0.1) is 0 Å². The molecule has 0 amide bonds. The van der Waals surface area contributed by atoms with E-state index in [1.54, 1.807) is 14.2 Å². The molecule has 1 unspecified atom stereocenters. The quantitative estimate of drug-likeness (QED) is 0.828. The maximum atomic E-state index is 5.83. The van der Waals surface area contributed by atoms with Gasteiger partial charge in [-0.2, -0.15) is 4.98 Å². The van der Waals surface area contributed by atoms with Crippen molar-refractivity contribution in [1.82, 2.24) is 10.1 Å². The summed E-state index contributed by atoms with van der Waals surface area (Å²) in [5.74, 6) is 2.10. The van der Waals surface area contributed by atoms with Crippen molar-refractivity contribution >= 4 is 0 Å². The number of nitrogens with zero attached hydrogens (tertiary/aromatic N) is 2. The lowest BCUT2D eigenvalue weighted by Gasteiger charge is -2.16. The van der Waals surface area contributed by atoms with Crippen molar-refractivity contribution in [2.75, 3.05) is 14.2 Å². The van der Waals surface area contributed by atoms with Gasteiger partial charge in [-0.3, -0.25) is 0 Å². The van der Waals surface area contributed by atoms with Crippen LogP contribution in [-0.2, 0) is 13.0 Å². The van der Waals surface area contributed by atoms with Crippen LogP contribution in [0, 0.1) is 0 Å². The second-order valence-corrected chi connectivity index (χ2v) is 4.65. The van der Waals surface area contributed by atoms with Gasteiger partial charge in [-0.25, -0.2) is 0 Å². The Kier molecular flexibility index (Phi) is 4.99. The van der Waals surface area contributed by atoms with Crippen molar-refractivity contribution in [1.29, 1.82) is 0 Å². The first-order chi connectivity index (χ1) is 10.1. The van der Waals surface area contributed by atoms with Gasteiger partial charge in [-0.05, 0) is 31.0 Å². The molecular formula is C14H19N3O4. The lowest BCUT2D eigenvalue weighted by Crippen LogP contribution is -2.17. The SMILES string of the molecule is COc1cc(CC(C)N)cc(OC)c1OCc1ncon1. The second-order valence-electron chi connectivity index (χ2n) is 4.65. The highest BCUT2D eigenvalue weighted by Gasteiger charge is 2.15. The molecule has 0 saturated heterocycles. The van der Waals surface area contributed by atoms with Crippen LogP contribution in [0.15, 0.2) is 23.0 Å². The van der Waals surface area contributed by atoms with E-state index < -0.39 is 0 Å². The van der Waals surface area contributed by atoms with E-state index >= 15 is 0 Å². The number of ether oxygens (including phenoxy) is 3. The Morgan fingerprint density at radius 1 is 1.24 bits per heavy atom. The molecule has 21 heavy (non-hydrogen) atoms. The average Bonchev–Trinajstić information content (AvgIpc) is 2.97. The standard InChI is InChI=1S/C14H19N3O4/c1-9(15)4-10-5-11(18-2)14(12(6-10)19-3)20-7-13-16-8-21-17-13/h5-6,8-9H,4,7,15H2,1-3H3. The third-order valence-electron chi connectivity index (χ3n) is 2.83. The summed E-state index contributed by atoms with van der Waals surface area (Å²) in [4.78, 5) is 3.90. The van der Waals surface area contributed by atoms with Crippen LogP contribution < -0.4 is 19.9 Å². The summed E-state index contributed by atoms with van der Waals surface area (Å²) in [5.41, 5.74) is 6.85. The fourth-order valence-electron chi connectivity index (χ4n) is 1.96. The highest BCUT2D eigenvalue weighted by atomic mass is 16.5. The van der Waals surface area contributed by atoms with Crippen LogP contribution in [0.25, 0.3) is 0 Å². The minimum absolute atomic E-state index is 0.0468. The molecule has 1 heterocycles. The molecule has 1 atom stereocenters. The molecule has 2 aromatic rings. The number of rotatable bonds is 7. The van der Waals surface area contributed by atoms with Gasteiger partial charge in [0.05, 0.1) is 14.2 Å². The fraction of sp³-hybridized carbons (Fsp3) is 0.429. The van der Waals surface area contributed by atoms with Gasteiger partial charge < -0.3 is 24.5 Å². The lowest BCUT2D eigenvalue weighted by atomic mass is 10.1. The number of aromatic nitrogens is 2. The molecule has 0 aliphatic rings. The molecule has 7 heteroatoms. The van der Waals surface area contributed by atoms with Gasteiger partial charge in [0.1, 0.15) is 0 Å². The normalized spacial score (nSPS) is 12.0. The zero-order valence-corrected chi connectivity index (χ0v) is 12.3. The fourth-order valence-corrected chi connectivity index (χ4v) is 1.96. The summed E-state index contributed by atoms with van der Waals surface area (Å²) in [6.45, 7) is 2.11. The Morgan fingerprint density at radius 3 is 2.38 bits per heavy atom. The first-order valence-corrected chi connectivity index (χ1v) is 6.52. The largest absolute Gasteiger partial charge is 0.493 e. The molecular weight excluding hydrogens is 274 g/mol. The van der Waals surface area contributed by atoms with E-state index in [0.29, 0.717) is 23.1 Å². The molecule has 114 valence electrons. The predicted molar refractivity (Wildman–Crippen MR) is 75.5 cm³/mol. The Balaban J connectivity index is 2.25. The van der Waals surface area contributed by atoms with E-state index in [1.165, 1.54) is 6.39 Å². The van der Waals surface area contributed by atoms with Gasteiger partial charge in [0.15, 0.2) is 18.1 Å². The lowest BCUT2D eigenvalue weighted by molar-refractivity contribution is 0.254. The maximum absolute atomic E-state index is 5.83. The van der Waals surface area contributed by atoms with Crippen molar-refractivity contribution in [3.63, 3.8) is 0 Å².